The van der Waals surface area contributed by atoms with Gasteiger partial charge < -0.3 is 10.4 Å². The minimum absolute atomic E-state index is 0.266. The van der Waals surface area contributed by atoms with Gasteiger partial charge in [-0.25, -0.2) is 9.78 Å². The molecule has 1 atom stereocenters. The number of carbonyl (C=O) groups excluding carboxylic acids is 1. The highest BCUT2D eigenvalue weighted by atomic mass is 32.1. The fourth-order valence-electron chi connectivity index (χ4n) is 1.10. The third kappa shape index (κ3) is 3.32. The third-order valence-corrected chi connectivity index (χ3v) is 2.43. The number of aromatic nitrogens is 1. The normalized spacial score (nSPS) is 12.1. The fraction of sp³-hybridized carbons (Fsp3) is 0.444. The van der Waals surface area contributed by atoms with E-state index >= 15 is 0 Å². The Labute approximate surface area is 91.1 Å². The van der Waals surface area contributed by atoms with E-state index in [9.17, 15) is 9.59 Å². The van der Waals surface area contributed by atoms with Crippen molar-refractivity contribution in [2.24, 2.45) is 0 Å². The maximum atomic E-state index is 11.5. The molecule has 5 nitrogen and oxygen atoms in total. The van der Waals surface area contributed by atoms with Crippen molar-refractivity contribution < 1.29 is 14.7 Å². The summed E-state index contributed by atoms with van der Waals surface area (Å²) in [7, 11) is 0. The van der Waals surface area contributed by atoms with Gasteiger partial charge in [0.2, 0.25) is 0 Å². The number of amides is 1. The van der Waals surface area contributed by atoms with Crippen LogP contribution >= 0.6 is 11.3 Å². The molecule has 0 aliphatic heterocycles. The molecule has 1 amide bonds. The predicted molar refractivity (Wildman–Crippen MR) is 55.9 cm³/mol. The third-order valence-electron chi connectivity index (χ3n) is 1.85. The summed E-state index contributed by atoms with van der Waals surface area (Å²) in [6.45, 7) is 1.87. The topological polar surface area (TPSA) is 79.3 Å². The number of carboxylic acids is 1. The van der Waals surface area contributed by atoms with E-state index in [2.05, 4.69) is 10.3 Å². The molecule has 0 saturated carbocycles. The lowest BCUT2D eigenvalue weighted by atomic mass is 10.1. The van der Waals surface area contributed by atoms with Crippen LogP contribution in [0.2, 0.25) is 0 Å². The number of rotatable bonds is 5. The molecule has 1 heterocycles. The summed E-state index contributed by atoms with van der Waals surface area (Å²) in [4.78, 5) is 26.0. The van der Waals surface area contributed by atoms with Gasteiger partial charge in [0.05, 0.1) is 5.51 Å². The zero-order valence-electron chi connectivity index (χ0n) is 8.27. The highest BCUT2D eigenvalue weighted by Crippen LogP contribution is 2.03. The van der Waals surface area contributed by atoms with E-state index < -0.39 is 17.9 Å². The first-order valence-corrected chi connectivity index (χ1v) is 5.51. The Morgan fingerprint density at radius 1 is 1.67 bits per heavy atom. The zero-order chi connectivity index (χ0) is 11.3. The molecule has 2 N–H and O–H groups in total. The summed E-state index contributed by atoms with van der Waals surface area (Å²) >= 11 is 1.30. The number of carbonyl (C=O) groups is 2. The first-order valence-electron chi connectivity index (χ1n) is 4.57. The Balaban J connectivity index is 2.59. The summed E-state index contributed by atoms with van der Waals surface area (Å²) < 4.78 is 0. The van der Waals surface area contributed by atoms with E-state index in [1.54, 1.807) is 5.38 Å². The summed E-state index contributed by atoms with van der Waals surface area (Å²) in [6.07, 6.45) is 1.12. The van der Waals surface area contributed by atoms with Gasteiger partial charge in [0.15, 0.2) is 0 Å². The predicted octanol–water partition coefficient (Wildman–Crippen LogP) is 1.13. The number of nitrogens with zero attached hydrogens (tertiary/aromatic N) is 1. The maximum Gasteiger partial charge on any atom is 0.326 e. The molecule has 0 spiro atoms. The van der Waals surface area contributed by atoms with Gasteiger partial charge in [0.1, 0.15) is 11.7 Å². The Morgan fingerprint density at radius 3 is 2.87 bits per heavy atom. The van der Waals surface area contributed by atoms with Gasteiger partial charge in [0, 0.05) is 5.38 Å². The van der Waals surface area contributed by atoms with Crippen LogP contribution in [0, 0.1) is 0 Å². The summed E-state index contributed by atoms with van der Waals surface area (Å²) in [6, 6.07) is -0.829. The van der Waals surface area contributed by atoms with Gasteiger partial charge in [0.25, 0.3) is 5.91 Å². The van der Waals surface area contributed by atoms with Gasteiger partial charge >= 0.3 is 5.97 Å². The number of thiazole rings is 1. The number of aliphatic carboxylic acids is 1. The quantitative estimate of drug-likeness (QED) is 0.791. The molecule has 1 aromatic heterocycles. The summed E-state index contributed by atoms with van der Waals surface area (Å²) in [5.74, 6) is -1.45. The van der Waals surface area contributed by atoms with Crippen molar-refractivity contribution >= 4 is 23.2 Å². The fourth-order valence-corrected chi connectivity index (χ4v) is 1.63. The highest BCUT2D eigenvalue weighted by Gasteiger charge is 2.20. The monoisotopic (exact) mass is 228 g/mol. The van der Waals surface area contributed by atoms with E-state index in [0.717, 1.165) is 0 Å². The number of nitrogens with one attached hydrogen (secondary N) is 1. The van der Waals surface area contributed by atoms with Crippen LogP contribution in [0.5, 0.6) is 0 Å². The molecule has 0 radical (unpaired) electrons. The Hall–Kier alpha value is -1.43. The first kappa shape index (κ1) is 11.6. The maximum absolute atomic E-state index is 11.5. The molecular weight excluding hydrogens is 216 g/mol. The van der Waals surface area contributed by atoms with Crippen molar-refractivity contribution in [1.29, 1.82) is 0 Å². The molecule has 1 aromatic rings. The Kier molecular flexibility index (Phi) is 4.23. The second-order valence-corrected chi connectivity index (χ2v) is 3.75. The van der Waals surface area contributed by atoms with Crippen molar-refractivity contribution in [3.63, 3.8) is 0 Å². The van der Waals surface area contributed by atoms with E-state index in [1.807, 2.05) is 6.92 Å². The van der Waals surface area contributed by atoms with E-state index in [-0.39, 0.29) is 5.69 Å². The smallest absolute Gasteiger partial charge is 0.326 e. The molecule has 0 bridgehead atoms. The van der Waals surface area contributed by atoms with Crippen molar-refractivity contribution in [2.45, 2.75) is 25.8 Å². The molecule has 15 heavy (non-hydrogen) atoms. The lowest BCUT2D eigenvalue weighted by molar-refractivity contribution is -0.139. The molecule has 0 fully saturated rings. The molecular formula is C9H12N2O3S. The van der Waals surface area contributed by atoms with Crippen molar-refractivity contribution in [1.82, 2.24) is 10.3 Å². The van der Waals surface area contributed by atoms with Crippen LogP contribution in [0.1, 0.15) is 30.3 Å². The highest BCUT2D eigenvalue weighted by molar-refractivity contribution is 7.07. The number of hydrogen-bond donors (Lipinski definition) is 2. The lowest BCUT2D eigenvalue weighted by Gasteiger charge is -2.12. The van der Waals surface area contributed by atoms with Gasteiger partial charge in [-0.2, -0.15) is 0 Å². The standard InChI is InChI=1S/C9H12N2O3S/c1-2-3-6(9(13)14)11-8(12)7-4-15-5-10-7/h4-6H,2-3H2,1H3,(H,11,12)(H,13,14)/t6-/m0/s1. The lowest BCUT2D eigenvalue weighted by Crippen LogP contribution is -2.40. The van der Waals surface area contributed by atoms with Crippen LogP contribution in [-0.4, -0.2) is 28.0 Å². The Bertz CT molecular complexity index is 337. The minimum Gasteiger partial charge on any atom is -0.480 e. The van der Waals surface area contributed by atoms with E-state index in [0.29, 0.717) is 12.8 Å². The molecule has 0 unspecified atom stereocenters. The van der Waals surface area contributed by atoms with Gasteiger partial charge in [-0.05, 0) is 6.42 Å². The van der Waals surface area contributed by atoms with Crippen LogP contribution < -0.4 is 5.32 Å². The summed E-state index contributed by atoms with van der Waals surface area (Å²) in [5, 5.41) is 12.8. The largest absolute Gasteiger partial charge is 0.480 e. The second kappa shape index (κ2) is 5.45. The second-order valence-electron chi connectivity index (χ2n) is 3.03. The number of carboxylic acid groups (broad SMARTS) is 1. The van der Waals surface area contributed by atoms with Crippen LogP contribution in [0.15, 0.2) is 10.9 Å². The SMILES string of the molecule is CCC[C@H](NC(=O)c1cscn1)C(=O)O. The van der Waals surface area contributed by atoms with Crippen LogP contribution in [0.3, 0.4) is 0 Å². The Morgan fingerprint density at radius 2 is 2.40 bits per heavy atom. The van der Waals surface area contributed by atoms with Crippen LogP contribution in [0.4, 0.5) is 0 Å². The molecule has 82 valence electrons. The molecule has 0 aliphatic rings. The molecule has 6 heteroatoms. The molecule has 0 saturated heterocycles. The van der Waals surface area contributed by atoms with Gasteiger partial charge in [-0.3, -0.25) is 4.79 Å². The van der Waals surface area contributed by atoms with E-state index in [4.69, 9.17) is 5.11 Å². The average Bonchev–Trinajstić information content (AvgIpc) is 2.69. The van der Waals surface area contributed by atoms with E-state index in [1.165, 1.54) is 16.8 Å². The minimum atomic E-state index is -1.01. The molecule has 1 rings (SSSR count). The first-order chi connectivity index (χ1) is 7.15. The molecule has 0 aliphatic carbocycles. The molecule has 0 aromatic carbocycles. The van der Waals surface area contributed by atoms with Gasteiger partial charge in [-0.15, -0.1) is 11.3 Å². The van der Waals surface area contributed by atoms with Crippen molar-refractivity contribution in [2.75, 3.05) is 0 Å². The van der Waals surface area contributed by atoms with Crippen LogP contribution in [-0.2, 0) is 4.79 Å². The van der Waals surface area contributed by atoms with Crippen molar-refractivity contribution in [3.05, 3.63) is 16.6 Å². The van der Waals surface area contributed by atoms with Crippen LogP contribution in [0.25, 0.3) is 0 Å². The number of hydrogen-bond acceptors (Lipinski definition) is 4. The van der Waals surface area contributed by atoms with Crippen molar-refractivity contribution in [3.8, 4) is 0 Å². The average molecular weight is 228 g/mol. The van der Waals surface area contributed by atoms with Gasteiger partial charge in [-0.1, -0.05) is 13.3 Å². The zero-order valence-corrected chi connectivity index (χ0v) is 9.08. The summed E-state index contributed by atoms with van der Waals surface area (Å²) in [5.41, 5.74) is 1.80.